The number of aromatic nitrogens is 3. The fourth-order valence-electron chi connectivity index (χ4n) is 2.74. The Hall–Kier alpha value is -2.52. The number of nitrogens with zero attached hydrogens (tertiary/aromatic N) is 5. The lowest BCUT2D eigenvalue weighted by molar-refractivity contribution is -0.127. The fraction of sp³-hybridized carbons (Fsp3) is 0.353. The summed E-state index contributed by atoms with van der Waals surface area (Å²) < 4.78 is 26.1. The molecule has 1 aromatic carbocycles. The van der Waals surface area contributed by atoms with E-state index in [4.69, 9.17) is 0 Å². The van der Waals surface area contributed by atoms with Crippen molar-refractivity contribution in [2.24, 2.45) is 0 Å². The molecule has 26 heavy (non-hydrogen) atoms. The molecule has 2 aromatic rings. The first kappa shape index (κ1) is 18.3. The number of benzene rings is 1. The molecule has 1 amide bonds. The van der Waals surface area contributed by atoms with E-state index >= 15 is 0 Å². The van der Waals surface area contributed by atoms with Gasteiger partial charge in [0.2, 0.25) is 15.9 Å². The van der Waals surface area contributed by atoms with Gasteiger partial charge in [-0.15, -0.1) is 5.10 Å². The van der Waals surface area contributed by atoms with Crippen LogP contribution >= 0.6 is 0 Å². The zero-order valence-electron chi connectivity index (χ0n) is 14.5. The summed E-state index contributed by atoms with van der Waals surface area (Å²) >= 11 is 0. The van der Waals surface area contributed by atoms with Gasteiger partial charge in [0.15, 0.2) is 0 Å². The van der Waals surface area contributed by atoms with Crippen molar-refractivity contribution in [2.75, 3.05) is 32.4 Å². The summed E-state index contributed by atoms with van der Waals surface area (Å²) in [6.45, 7) is 2.04. The predicted molar refractivity (Wildman–Crippen MR) is 97.6 cm³/mol. The highest BCUT2D eigenvalue weighted by Crippen LogP contribution is 2.08. The summed E-state index contributed by atoms with van der Waals surface area (Å²) in [6.07, 6.45) is 6.04. The number of hydrogen-bond donors (Lipinski definition) is 0. The smallest absolute Gasteiger partial charge is 0.246 e. The number of amides is 1. The van der Waals surface area contributed by atoms with E-state index in [1.54, 1.807) is 21.9 Å². The van der Waals surface area contributed by atoms with E-state index in [0.29, 0.717) is 38.4 Å². The topological polar surface area (TPSA) is 88.4 Å². The van der Waals surface area contributed by atoms with E-state index in [0.717, 1.165) is 5.56 Å². The molecule has 3 rings (SSSR count). The highest BCUT2D eigenvalue weighted by atomic mass is 32.2. The second-order valence-electron chi connectivity index (χ2n) is 6.15. The Morgan fingerprint density at radius 1 is 1.15 bits per heavy atom. The first-order valence-electron chi connectivity index (χ1n) is 8.28. The van der Waals surface area contributed by atoms with Gasteiger partial charge in [-0.05, 0) is 11.6 Å². The third-order valence-corrected chi connectivity index (χ3v) is 5.46. The monoisotopic (exact) mass is 375 g/mol. The molecular weight excluding hydrogens is 354 g/mol. The summed E-state index contributed by atoms with van der Waals surface area (Å²) in [4.78, 5) is 13.9. The maximum absolute atomic E-state index is 12.2. The Labute approximate surface area is 152 Å². The van der Waals surface area contributed by atoms with Crippen LogP contribution in [0.2, 0.25) is 0 Å². The van der Waals surface area contributed by atoms with Gasteiger partial charge in [0.1, 0.15) is 5.69 Å². The zero-order valence-corrected chi connectivity index (χ0v) is 15.3. The minimum Gasteiger partial charge on any atom is -0.337 e. The summed E-state index contributed by atoms with van der Waals surface area (Å²) in [5.41, 5.74) is 1.72. The van der Waals surface area contributed by atoms with E-state index in [-0.39, 0.29) is 5.91 Å². The Morgan fingerprint density at radius 2 is 1.85 bits per heavy atom. The van der Waals surface area contributed by atoms with Crippen LogP contribution in [0, 0.1) is 0 Å². The van der Waals surface area contributed by atoms with E-state index < -0.39 is 10.0 Å². The molecule has 8 nitrogen and oxygen atoms in total. The number of piperazine rings is 1. The van der Waals surface area contributed by atoms with Crippen LogP contribution in [0.5, 0.6) is 0 Å². The quantitative estimate of drug-likeness (QED) is 0.708. The minimum absolute atomic E-state index is 0.157. The zero-order chi connectivity index (χ0) is 18.6. The first-order valence-corrected chi connectivity index (χ1v) is 10.1. The Kier molecular flexibility index (Phi) is 5.48. The number of sulfonamides is 1. The van der Waals surface area contributed by atoms with E-state index in [1.165, 1.54) is 16.6 Å². The molecular formula is C17H21N5O3S. The molecule has 0 unspecified atom stereocenters. The third kappa shape index (κ3) is 4.77. The maximum atomic E-state index is 12.2. The van der Waals surface area contributed by atoms with Crippen molar-refractivity contribution < 1.29 is 13.2 Å². The number of carbonyl (C=O) groups excluding carboxylic acids is 1. The van der Waals surface area contributed by atoms with E-state index in [1.807, 2.05) is 30.3 Å². The Morgan fingerprint density at radius 3 is 2.50 bits per heavy atom. The molecule has 138 valence electrons. The molecule has 0 radical (unpaired) electrons. The summed E-state index contributed by atoms with van der Waals surface area (Å²) in [6, 6.07) is 9.92. The SMILES string of the molecule is CS(=O)(=O)N1CCN(C(=O)C=Cc2cn(Cc3ccccc3)nn2)CC1. The number of carbonyl (C=O) groups is 1. The largest absolute Gasteiger partial charge is 0.337 e. The van der Waals surface area contributed by atoms with Crippen LogP contribution in [0.3, 0.4) is 0 Å². The molecule has 1 aromatic heterocycles. The summed E-state index contributed by atoms with van der Waals surface area (Å²) in [5.74, 6) is -0.157. The van der Waals surface area contributed by atoms with Crippen LogP contribution in [0.15, 0.2) is 42.6 Å². The molecule has 0 spiro atoms. The second-order valence-corrected chi connectivity index (χ2v) is 8.13. The molecule has 0 atom stereocenters. The lowest BCUT2D eigenvalue weighted by Crippen LogP contribution is -2.49. The minimum atomic E-state index is -3.20. The molecule has 2 heterocycles. The molecule has 1 aliphatic heterocycles. The number of rotatable bonds is 5. The lowest BCUT2D eigenvalue weighted by atomic mass is 10.2. The van der Waals surface area contributed by atoms with Crippen molar-refractivity contribution in [3.63, 3.8) is 0 Å². The average molecular weight is 375 g/mol. The molecule has 0 N–H and O–H groups in total. The van der Waals surface area contributed by atoms with Crippen molar-refractivity contribution in [1.82, 2.24) is 24.2 Å². The van der Waals surface area contributed by atoms with Crippen LogP contribution in [0.1, 0.15) is 11.3 Å². The molecule has 1 aliphatic rings. The van der Waals surface area contributed by atoms with Gasteiger partial charge in [-0.25, -0.2) is 13.1 Å². The van der Waals surface area contributed by atoms with E-state index in [2.05, 4.69) is 10.3 Å². The molecule has 1 saturated heterocycles. The normalized spacial score (nSPS) is 16.3. The van der Waals surface area contributed by atoms with Crippen molar-refractivity contribution in [1.29, 1.82) is 0 Å². The second kappa shape index (κ2) is 7.79. The first-order chi connectivity index (χ1) is 12.4. The van der Waals surface area contributed by atoms with Crippen molar-refractivity contribution in [2.45, 2.75) is 6.54 Å². The molecule has 0 aliphatic carbocycles. The van der Waals surface area contributed by atoms with Crippen LogP contribution in [-0.4, -0.2) is 71.0 Å². The predicted octanol–water partition coefficient (Wildman–Crippen LogP) is 0.443. The van der Waals surface area contributed by atoms with Gasteiger partial charge >= 0.3 is 0 Å². The van der Waals surface area contributed by atoms with Gasteiger partial charge in [0.05, 0.1) is 19.0 Å². The summed E-state index contributed by atoms with van der Waals surface area (Å²) in [7, 11) is -3.20. The standard InChI is InChI=1S/C17H21N5O3S/c1-26(24,25)22-11-9-20(10-12-22)17(23)8-7-16-14-21(19-18-16)13-15-5-3-2-4-6-15/h2-8,14H,9-13H2,1H3. The number of hydrogen-bond acceptors (Lipinski definition) is 5. The maximum Gasteiger partial charge on any atom is 0.246 e. The molecule has 1 fully saturated rings. The fourth-order valence-corrected chi connectivity index (χ4v) is 3.57. The van der Waals surface area contributed by atoms with Gasteiger partial charge in [-0.3, -0.25) is 4.79 Å². The lowest BCUT2D eigenvalue weighted by Gasteiger charge is -2.32. The van der Waals surface area contributed by atoms with Crippen LogP contribution in [-0.2, 0) is 21.4 Å². The van der Waals surface area contributed by atoms with Crippen molar-refractivity contribution in [3.05, 3.63) is 53.9 Å². The Bertz CT molecular complexity index is 884. The van der Waals surface area contributed by atoms with Gasteiger partial charge < -0.3 is 4.90 Å². The van der Waals surface area contributed by atoms with Crippen molar-refractivity contribution in [3.8, 4) is 0 Å². The highest BCUT2D eigenvalue weighted by Gasteiger charge is 2.24. The highest BCUT2D eigenvalue weighted by molar-refractivity contribution is 7.88. The van der Waals surface area contributed by atoms with Gasteiger partial charge in [0, 0.05) is 32.3 Å². The van der Waals surface area contributed by atoms with Crippen molar-refractivity contribution >= 4 is 22.0 Å². The van der Waals surface area contributed by atoms with E-state index in [9.17, 15) is 13.2 Å². The Balaban J connectivity index is 1.54. The van der Waals surface area contributed by atoms with Crippen LogP contribution in [0.4, 0.5) is 0 Å². The average Bonchev–Trinajstić information content (AvgIpc) is 3.07. The van der Waals surface area contributed by atoms with Crippen LogP contribution < -0.4 is 0 Å². The van der Waals surface area contributed by atoms with Crippen LogP contribution in [0.25, 0.3) is 6.08 Å². The molecule has 0 saturated carbocycles. The van der Waals surface area contributed by atoms with Gasteiger partial charge in [-0.1, -0.05) is 35.5 Å². The third-order valence-electron chi connectivity index (χ3n) is 4.16. The molecule has 9 heteroatoms. The van der Waals surface area contributed by atoms with Gasteiger partial charge in [-0.2, -0.15) is 4.31 Å². The van der Waals surface area contributed by atoms with Gasteiger partial charge in [0.25, 0.3) is 0 Å². The molecule has 0 bridgehead atoms. The summed E-state index contributed by atoms with van der Waals surface area (Å²) in [5, 5.41) is 8.10.